The van der Waals surface area contributed by atoms with Gasteiger partial charge in [-0.1, -0.05) is 13.3 Å². The van der Waals surface area contributed by atoms with E-state index in [0.717, 1.165) is 35.9 Å². The highest BCUT2D eigenvalue weighted by atomic mass is 15.2. The molecule has 1 unspecified atom stereocenters. The van der Waals surface area contributed by atoms with Crippen molar-refractivity contribution in [1.82, 2.24) is 4.90 Å². The molecule has 2 N–H and O–H groups in total. The van der Waals surface area contributed by atoms with Crippen molar-refractivity contribution in [3.05, 3.63) is 0 Å². The molecule has 2 nitrogen and oxygen atoms in total. The average Bonchev–Trinajstić information content (AvgIpc) is 2.35. The van der Waals surface area contributed by atoms with E-state index >= 15 is 0 Å². The third-order valence-electron chi connectivity index (χ3n) is 6.84. The van der Waals surface area contributed by atoms with Crippen LogP contribution in [-0.4, -0.2) is 29.1 Å². The Morgan fingerprint density at radius 1 is 0.750 bits per heavy atom. The van der Waals surface area contributed by atoms with E-state index in [1.807, 2.05) is 0 Å². The van der Waals surface area contributed by atoms with Crippen LogP contribution < -0.4 is 5.73 Å². The number of piperidine rings is 2. The summed E-state index contributed by atoms with van der Waals surface area (Å²) in [6.45, 7) is 2.48. The van der Waals surface area contributed by atoms with Crippen molar-refractivity contribution in [1.29, 1.82) is 0 Å². The molecule has 4 bridgehead atoms. The lowest BCUT2D eigenvalue weighted by atomic mass is 9.65. The van der Waals surface area contributed by atoms with E-state index in [1.165, 1.54) is 57.8 Å². The normalized spacial score (nSPS) is 52.8. The van der Waals surface area contributed by atoms with Gasteiger partial charge in [0.25, 0.3) is 0 Å². The summed E-state index contributed by atoms with van der Waals surface area (Å²) in [5, 5.41) is 0. The van der Waals surface area contributed by atoms with Crippen molar-refractivity contribution in [2.24, 2.45) is 23.5 Å². The van der Waals surface area contributed by atoms with Gasteiger partial charge in [0, 0.05) is 24.2 Å². The molecular weight excluding hydrogens is 244 g/mol. The molecule has 0 spiro atoms. The minimum Gasteiger partial charge on any atom is -0.328 e. The lowest BCUT2D eigenvalue weighted by molar-refractivity contribution is -0.0445. The molecule has 20 heavy (non-hydrogen) atoms. The lowest BCUT2D eigenvalue weighted by Gasteiger charge is -2.55. The molecule has 2 heteroatoms. The summed E-state index contributed by atoms with van der Waals surface area (Å²) in [7, 11) is 0. The van der Waals surface area contributed by atoms with Crippen molar-refractivity contribution in [2.45, 2.75) is 95.3 Å². The van der Waals surface area contributed by atoms with Gasteiger partial charge in [-0.05, 0) is 75.5 Å². The Kier molecular flexibility index (Phi) is 3.58. The van der Waals surface area contributed by atoms with Gasteiger partial charge in [-0.25, -0.2) is 0 Å². The van der Waals surface area contributed by atoms with Crippen molar-refractivity contribution >= 4 is 0 Å². The number of rotatable bonds is 1. The Balaban J connectivity index is 1.50. The van der Waals surface area contributed by atoms with Crippen molar-refractivity contribution in [2.75, 3.05) is 0 Å². The Hall–Kier alpha value is -0.0800. The van der Waals surface area contributed by atoms with Gasteiger partial charge in [-0.15, -0.1) is 0 Å². The first-order chi connectivity index (χ1) is 9.69. The SMILES string of the molecule is C[C@H]1C[C@H]2CC(N3[C@@H]4CCC[C@H]3C[C@@H](N)C4)C[C@@H](C1)C2. The summed E-state index contributed by atoms with van der Waals surface area (Å²) >= 11 is 0. The van der Waals surface area contributed by atoms with Crippen LogP contribution in [0.2, 0.25) is 0 Å². The molecule has 4 aliphatic rings. The number of hydrogen-bond donors (Lipinski definition) is 1. The third-order valence-corrected chi connectivity index (χ3v) is 6.84. The van der Waals surface area contributed by atoms with Gasteiger partial charge in [0.05, 0.1) is 0 Å². The van der Waals surface area contributed by atoms with Crippen LogP contribution in [0.25, 0.3) is 0 Å². The molecule has 0 aromatic rings. The fourth-order valence-corrected chi connectivity index (χ4v) is 6.45. The number of nitrogens with two attached hydrogens (primary N) is 1. The maximum absolute atomic E-state index is 6.30. The van der Waals surface area contributed by atoms with E-state index in [-0.39, 0.29) is 0 Å². The Morgan fingerprint density at radius 2 is 1.35 bits per heavy atom. The molecule has 2 aliphatic heterocycles. The molecule has 0 amide bonds. The highest BCUT2D eigenvalue weighted by molar-refractivity contribution is 5.00. The van der Waals surface area contributed by atoms with Crippen LogP contribution in [0.1, 0.15) is 71.1 Å². The minimum absolute atomic E-state index is 0.490. The Bertz CT molecular complexity index is 323. The maximum Gasteiger partial charge on any atom is 0.0116 e. The fourth-order valence-electron chi connectivity index (χ4n) is 6.45. The molecule has 4 rings (SSSR count). The number of hydrogen-bond acceptors (Lipinski definition) is 2. The molecule has 2 aliphatic carbocycles. The van der Waals surface area contributed by atoms with Gasteiger partial charge < -0.3 is 5.73 Å². The third kappa shape index (κ3) is 2.43. The molecule has 0 aromatic heterocycles. The maximum atomic E-state index is 6.30. The molecule has 4 fully saturated rings. The van der Waals surface area contributed by atoms with E-state index in [9.17, 15) is 0 Å². The van der Waals surface area contributed by atoms with Crippen LogP contribution in [0.5, 0.6) is 0 Å². The largest absolute Gasteiger partial charge is 0.328 e. The van der Waals surface area contributed by atoms with E-state index in [2.05, 4.69) is 11.8 Å². The van der Waals surface area contributed by atoms with Crippen molar-refractivity contribution in [3.8, 4) is 0 Å². The quantitative estimate of drug-likeness (QED) is 0.793. The van der Waals surface area contributed by atoms with Crippen LogP contribution in [0.4, 0.5) is 0 Å². The second-order valence-electron chi connectivity index (χ2n) is 8.59. The summed E-state index contributed by atoms with van der Waals surface area (Å²) in [6, 6.07) is 3.07. The second kappa shape index (κ2) is 5.28. The van der Waals surface area contributed by atoms with Gasteiger partial charge >= 0.3 is 0 Å². The number of fused-ring (bicyclic) bond motifs is 4. The highest BCUT2D eigenvalue weighted by Crippen LogP contribution is 2.47. The first kappa shape index (κ1) is 13.6. The summed E-state index contributed by atoms with van der Waals surface area (Å²) in [4.78, 5) is 2.99. The zero-order valence-corrected chi connectivity index (χ0v) is 13.1. The van der Waals surface area contributed by atoms with Crippen LogP contribution in [0.15, 0.2) is 0 Å². The van der Waals surface area contributed by atoms with Gasteiger partial charge in [0.15, 0.2) is 0 Å². The van der Waals surface area contributed by atoms with E-state index < -0.39 is 0 Å². The molecule has 0 radical (unpaired) electrons. The highest BCUT2D eigenvalue weighted by Gasteiger charge is 2.44. The summed E-state index contributed by atoms with van der Waals surface area (Å²) in [5.74, 6) is 3.08. The van der Waals surface area contributed by atoms with Gasteiger partial charge in [0.1, 0.15) is 0 Å². The minimum atomic E-state index is 0.490. The molecule has 2 saturated heterocycles. The van der Waals surface area contributed by atoms with Crippen molar-refractivity contribution < 1.29 is 0 Å². The molecule has 2 saturated carbocycles. The van der Waals surface area contributed by atoms with Crippen LogP contribution in [-0.2, 0) is 0 Å². The van der Waals surface area contributed by atoms with Gasteiger partial charge in [-0.2, -0.15) is 0 Å². The molecular formula is C18H32N2. The monoisotopic (exact) mass is 276 g/mol. The lowest BCUT2D eigenvalue weighted by Crippen LogP contribution is -2.60. The summed E-state index contributed by atoms with van der Waals surface area (Å²) in [5.41, 5.74) is 6.30. The average molecular weight is 276 g/mol. The Morgan fingerprint density at radius 3 is 1.95 bits per heavy atom. The van der Waals surface area contributed by atoms with E-state index in [4.69, 9.17) is 5.73 Å². The van der Waals surface area contributed by atoms with E-state index in [1.54, 1.807) is 6.42 Å². The molecule has 0 aromatic carbocycles. The first-order valence-corrected chi connectivity index (χ1v) is 9.22. The zero-order chi connectivity index (χ0) is 13.7. The Labute approximate surface area is 124 Å². The first-order valence-electron chi connectivity index (χ1n) is 9.22. The van der Waals surface area contributed by atoms with Gasteiger partial charge in [-0.3, -0.25) is 4.90 Å². The smallest absolute Gasteiger partial charge is 0.0116 e. The van der Waals surface area contributed by atoms with Crippen molar-refractivity contribution in [3.63, 3.8) is 0 Å². The fraction of sp³-hybridized carbons (Fsp3) is 1.00. The molecule has 7 atom stereocenters. The summed E-state index contributed by atoms with van der Waals surface area (Å²) in [6.07, 6.45) is 14.4. The van der Waals surface area contributed by atoms with Crippen LogP contribution in [0.3, 0.4) is 0 Å². The van der Waals surface area contributed by atoms with Gasteiger partial charge in [0.2, 0.25) is 0 Å². The second-order valence-corrected chi connectivity index (χ2v) is 8.59. The molecule has 114 valence electrons. The van der Waals surface area contributed by atoms with Crippen LogP contribution >= 0.6 is 0 Å². The molecule has 2 heterocycles. The summed E-state index contributed by atoms with van der Waals surface area (Å²) < 4.78 is 0. The van der Waals surface area contributed by atoms with E-state index in [0.29, 0.717) is 6.04 Å². The predicted molar refractivity (Wildman–Crippen MR) is 83.5 cm³/mol. The topological polar surface area (TPSA) is 29.3 Å². The zero-order valence-electron chi connectivity index (χ0n) is 13.1. The van der Waals surface area contributed by atoms with Crippen LogP contribution in [0, 0.1) is 17.8 Å². The predicted octanol–water partition coefficient (Wildman–Crippen LogP) is 3.55. The standard InChI is InChI=1S/C18H32N2/c1-12-5-13-7-14(6-12)9-18(8-13)20-16-3-2-4-17(20)11-15(19)10-16/h12-18H,2-11,19H2,1H3/t12-,13+,14-,15-,16+,17-,18?. The number of nitrogens with zero attached hydrogens (tertiary/aromatic N) is 1.